The van der Waals surface area contributed by atoms with E-state index in [1.807, 2.05) is 0 Å². The molecule has 1 aliphatic heterocycles. The number of hydrogen-bond donors (Lipinski definition) is 2. The molecule has 40 valence electrons. The molecule has 0 aliphatic carbocycles. The lowest BCUT2D eigenvalue weighted by Gasteiger charge is -2.15. The van der Waals surface area contributed by atoms with Crippen molar-refractivity contribution in [3.05, 3.63) is 0 Å². The predicted octanol–water partition coefficient (Wildman–Crippen LogP) is -0.604. The normalized spacial score (nSPS) is 20.3. The first-order chi connectivity index (χ1) is 3.39. The van der Waals surface area contributed by atoms with Crippen LogP contribution in [0.1, 0.15) is 0 Å². The van der Waals surface area contributed by atoms with Crippen molar-refractivity contribution in [2.45, 2.75) is 0 Å². The summed E-state index contributed by atoms with van der Waals surface area (Å²) in [7, 11) is 0. The van der Waals surface area contributed by atoms with Crippen molar-refractivity contribution in [1.82, 2.24) is 10.9 Å². The molecule has 0 aromatic carbocycles. The second-order valence-corrected chi connectivity index (χ2v) is 1.56. The largest absolute Gasteiger partial charge is 0.469 e. The number of hydrogen-bond acceptors (Lipinski definition) is 3. The topological polar surface area (TPSA) is 33.3 Å². The van der Waals surface area contributed by atoms with Crippen LogP contribution >= 0.6 is 12.2 Å². The monoisotopic (exact) mass is 118 g/mol. The molecule has 1 saturated heterocycles. The lowest BCUT2D eigenvalue weighted by molar-refractivity contribution is 0.254. The molecule has 0 bridgehead atoms. The number of hydrazine groups is 1. The van der Waals surface area contributed by atoms with Gasteiger partial charge in [0.1, 0.15) is 6.61 Å². The minimum Gasteiger partial charge on any atom is -0.469 e. The van der Waals surface area contributed by atoms with Gasteiger partial charge >= 0.3 is 0 Å². The summed E-state index contributed by atoms with van der Waals surface area (Å²) < 4.78 is 4.84. The van der Waals surface area contributed by atoms with E-state index >= 15 is 0 Å². The van der Waals surface area contributed by atoms with Crippen LogP contribution in [0.15, 0.2) is 0 Å². The molecular weight excluding hydrogens is 112 g/mol. The maximum absolute atomic E-state index is 4.84. The third-order valence-corrected chi connectivity index (χ3v) is 0.871. The van der Waals surface area contributed by atoms with E-state index in [2.05, 4.69) is 23.1 Å². The molecule has 1 fully saturated rings. The average Bonchev–Trinajstić information content (AvgIpc) is 1.69. The van der Waals surface area contributed by atoms with Crippen molar-refractivity contribution in [2.75, 3.05) is 13.2 Å². The van der Waals surface area contributed by atoms with Crippen LogP contribution in [0, 0.1) is 0 Å². The molecule has 0 radical (unpaired) electrons. The molecular formula is C3H6N2OS. The van der Waals surface area contributed by atoms with E-state index in [0.717, 1.165) is 6.54 Å². The van der Waals surface area contributed by atoms with E-state index in [4.69, 9.17) is 4.74 Å². The Labute approximate surface area is 47.0 Å². The minimum absolute atomic E-state index is 0.436. The highest BCUT2D eigenvalue weighted by molar-refractivity contribution is 7.80. The predicted molar refractivity (Wildman–Crippen MR) is 29.7 cm³/mol. The number of nitrogens with one attached hydrogen (secondary N) is 2. The Hall–Kier alpha value is -0.350. The van der Waals surface area contributed by atoms with Crippen molar-refractivity contribution in [3.8, 4) is 0 Å². The van der Waals surface area contributed by atoms with Crippen LogP contribution in [0.2, 0.25) is 0 Å². The Morgan fingerprint density at radius 3 is 2.86 bits per heavy atom. The summed E-state index contributed by atoms with van der Waals surface area (Å²) in [5.41, 5.74) is 5.46. The van der Waals surface area contributed by atoms with Crippen LogP contribution < -0.4 is 10.9 Å². The molecule has 0 atom stereocenters. The zero-order valence-electron chi connectivity index (χ0n) is 3.73. The van der Waals surface area contributed by atoms with Crippen LogP contribution in [0.3, 0.4) is 0 Å². The molecule has 1 aliphatic rings. The first kappa shape index (κ1) is 4.80. The van der Waals surface area contributed by atoms with E-state index < -0.39 is 0 Å². The van der Waals surface area contributed by atoms with Crippen molar-refractivity contribution in [2.24, 2.45) is 0 Å². The van der Waals surface area contributed by atoms with Gasteiger partial charge in [0, 0.05) is 6.54 Å². The maximum Gasteiger partial charge on any atom is 0.271 e. The summed E-state index contributed by atoms with van der Waals surface area (Å²) in [5, 5.41) is 0.436. The summed E-state index contributed by atoms with van der Waals surface area (Å²) >= 11 is 4.61. The number of ether oxygens (including phenoxy) is 1. The smallest absolute Gasteiger partial charge is 0.271 e. The standard InChI is InChI=1S/C3H6N2OS/c7-3-5-4-1-2-6-3/h4H,1-2H2,(H,5,7). The Balaban J connectivity index is 2.25. The Bertz CT molecular complexity index is 77.0. The zero-order chi connectivity index (χ0) is 5.11. The van der Waals surface area contributed by atoms with Gasteiger partial charge in [-0.05, 0) is 12.2 Å². The van der Waals surface area contributed by atoms with Gasteiger partial charge in [-0.25, -0.2) is 5.43 Å². The highest BCUT2D eigenvalue weighted by Gasteiger charge is 1.99. The van der Waals surface area contributed by atoms with E-state index in [1.165, 1.54) is 0 Å². The average molecular weight is 118 g/mol. The highest BCUT2D eigenvalue weighted by atomic mass is 32.1. The molecule has 4 heteroatoms. The molecule has 3 nitrogen and oxygen atoms in total. The lowest BCUT2D eigenvalue weighted by atomic mass is 10.7. The van der Waals surface area contributed by atoms with Gasteiger partial charge in [0.2, 0.25) is 0 Å². The molecule has 2 N–H and O–H groups in total. The Morgan fingerprint density at radius 1 is 1.71 bits per heavy atom. The minimum atomic E-state index is 0.436. The van der Waals surface area contributed by atoms with Gasteiger partial charge in [-0.2, -0.15) is 0 Å². The summed E-state index contributed by atoms with van der Waals surface area (Å²) in [6, 6.07) is 0. The highest BCUT2D eigenvalue weighted by Crippen LogP contribution is 1.78. The number of rotatable bonds is 0. The van der Waals surface area contributed by atoms with Gasteiger partial charge in [-0.15, -0.1) is 0 Å². The quantitative estimate of drug-likeness (QED) is 0.416. The van der Waals surface area contributed by atoms with Gasteiger partial charge in [-0.1, -0.05) is 0 Å². The second-order valence-electron chi connectivity index (χ2n) is 1.19. The third kappa shape index (κ3) is 1.29. The summed E-state index contributed by atoms with van der Waals surface area (Å²) in [6.07, 6.45) is 0. The first-order valence-corrected chi connectivity index (χ1v) is 2.46. The van der Waals surface area contributed by atoms with Crippen LogP contribution in [0.5, 0.6) is 0 Å². The fourth-order valence-electron chi connectivity index (χ4n) is 0.366. The zero-order valence-corrected chi connectivity index (χ0v) is 4.55. The van der Waals surface area contributed by atoms with Crippen molar-refractivity contribution in [1.29, 1.82) is 0 Å². The fourth-order valence-corrected chi connectivity index (χ4v) is 0.521. The van der Waals surface area contributed by atoms with E-state index in [9.17, 15) is 0 Å². The van der Waals surface area contributed by atoms with Crippen molar-refractivity contribution >= 4 is 17.4 Å². The molecule has 1 heterocycles. The molecule has 0 saturated carbocycles. The molecule has 0 unspecified atom stereocenters. The number of thiocarbonyl (C=S) groups is 1. The molecule has 0 spiro atoms. The molecule has 0 amide bonds. The SMILES string of the molecule is S=C1NNCCO1. The maximum atomic E-state index is 4.84. The summed E-state index contributed by atoms with van der Waals surface area (Å²) in [4.78, 5) is 0. The van der Waals surface area contributed by atoms with Gasteiger partial charge < -0.3 is 4.74 Å². The van der Waals surface area contributed by atoms with Crippen LogP contribution in [0.25, 0.3) is 0 Å². The van der Waals surface area contributed by atoms with E-state index in [0.29, 0.717) is 11.8 Å². The van der Waals surface area contributed by atoms with E-state index in [-0.39, 0.29) is 0 Å². The molecule has 7 heavy (non-hydrogen) atoms. The van der Waals surface area contributed by atoms with Gasteiger partial charge in [-0.3, -0.25) is 5.43 Å². The van der Waals surface area contributed by atoms with Gasteiger partial charge in [0.15, 0.2) is 0 Å². The van der Waals surface area contributed by atoms with Crippen molar-refractivity contribution < 1.29 is 4.74 Å². The Kier molecular flexibility index (Phi) is 1.43. The van der Waals surface area contributed by atoms with Crippen molar-refractivity contribution in [3.63, 3.8) is 0 Å². The first-order valence-electron chi connectivity index (χ1n) is 2.05. The molecule has 0 aromatic heterocycles. The van der Waals surface area contributed by atoms with Gasteiger partial charge in [0.05, 0.1) is 0 Å². The lowest BCUT2D eigenvalue weighted by Crippen LogP contribution is -2.45. The molecule has 1 rings (SSSR count). The summed E-state index contributed by atoms with van der Waals surface area (Å²) in [6.45, 7) is 1.49. The molecule has 0 aromatic rings. The third-order valence-electron chi connectivity index (χ3n) is 0.651. The fraction of sp³-hybridized carbons (Fsp3) is 0.667. The Morgan fingerprint density at radius 2 is 2.57 bits per heavy atom. The van der Waals surface area contributed by atoms with E-state index in [1.54, 1.807) is 0 Å². The van der Waals surface area contributed by atoms with Crippen LogP contribution in [-0.2, 0) is 4.74 Å². The van der Waals surface area contributed by atoms with Crippen LogP contribution in [-0.4, -0.2) is 18.3 Å². The summed E-state index contributed by atoms with van der Waals surface area (Å²) in [5.74, 6) is 0. The second kappa shape index (κ2) is 2.09. The van der Waals surface area contributed by atoms with Gasteiger partial charge in [0.25, 0.3) is 5.17 Å². The van der Waals surface area contributed by atoms with Crippen LogP contribution in [0.4, 0.5) is 0 Å².